The highest BCUT2D eigenvalue weighted by atomic mass is 16.5. The highest BCUT2D eigenvalue weighted by Crippen LogP contribution is 2.21. The van der Waals surface area contributed by atoms with E-state index in [4.69, 9.17) is 9.47 Å². The number of benzene rings is 2. The maximum atomic E-state index is 12.0. The van der Waals surface area contributed by atoms with Crippen LogP contribution in [0.2, 0.25) is 0 Å². The molecule has 0 amide bonds. The van der Waals surface area contributed by atoms with E-state index in [1.165, 1.54) is 0 Å². The summed E-state index contributed by atoms with van der Waals surface area (Å²) >= 11 is 0. The Bertz CT molecular complexity index is 874. The van der Waals surface area contributed by atoms with Gasteiger partial charge in [-0.15, -0.1) is 0 Å². The second-order valence-electron chi connectivity index (χ2n) is 7.63. The van der Waals surface area contributed by atoms with Crippen molar-refractivity contribution in [2.45, 2.75) is 58.8 Å². The number of aryl methyl sites for hydroxylation is 4. The Morgan fingerprint density at radius 1 is 0.806 bits per heavy atom. The number of carbonyl (C=O) groups excluding carboxylic acids is 2. The largest absolute Gasteiger partial charge is 0.508 e. The first kappa shape index (κ1) is 24.3. The lowest BCUT2D eigenvalue weighted by Crippen LogP contribution is -2.08. The van der Waals surface area contributed by atoms with Crippen molar-refractivity contribution in [1.29, 1.82) is 0 Å². The highest BCUT2D eigenvalue weighted by molar-refractivity contribution is 5.70. The summed E-state index contributed by atoms with van der Waals surface area (Å²) in [5.74, 6) is -0.0402. The van der Waals surface area contributed by atoms with E-state index in [1.54, 1.807) is 24.3 Å². The molecule has 6 heteroatoms. The molecule has 0 heterocycles. The zero-order valence-corrected chi connectivity index (χ0v) is 18.4. The van der Waals surface area contributed by atoms with Gasteiger partial charge in [0.1, 0.15) is 11.5 Å². The van der Waals surface area contributed by atoms with Gasteiger partial charge >= 0.3 is 11.9 Å². The average Bonchev–Trinajstić information content (AvgIpc) is 2.76. The van der Waals surface area contributed by atoms with E-state index in [1.807, 2.05) is 26.0 Å². The molecule has 168 valence electrons. The van der Waals surface area contributed by atoms with Gasteiger partial charge in [0.2, 0.25) is 0 Å². The van der Waals surface area contributed by atoms with E-state index in [-0.39, 0.29) is 36.5 Å². The molecule has 31 heavy (non-hydrogen) atoms. The van der Waals surface area contributed by atoms with Crippen LogP contribution >= 0.6 is 0 Å². The maximum absolute atomic E-state index is 12.0. The highest BCUT2D eigenvalue weighted by Gasteiger charge is 2.09. The van der Waals surface area contributed by atoms with E-state index in [0.29, 0.717) is 38.7 Å². The third-order valence-corrected chi connectivity index (χ3v) is 4.96. The molecular weight excluding hydrogens is 396 g/mol. The maximum Gasteiger partial charge on any atom is 0.306 e. The molecule has 2 N–H and O–H groups in total. The number of hydrogen-bond acceptors (Lipinski definition) is 6. The molecule has 0 aliphatic heterocycles. The number of ether oxygens (including phenoxy) is 2. The van der Waals surface area contributed by atoms with Crippen molar-refractivity contribution in [3.8, 4) is 11.5 Å². The number of hydrogen-bond donors (Lipinski definition) is 2. The predicted molar refractivity (Wildman–Crippen MR) is 118 cm³/mol. The molecule has 6 nitrogen and oxygen atoms in total. The van der Waals surface area contributed by atoms with Crippen LogP contribution in [0.25, 0.3) is 0 Å². The Morgan fingerprint density at radius 3 is 2.00 bits per heavy atom. The van der Waals surface area contributed by atoms with Crippen molar-refractivity contribution in [2.75, 3.05) is 13.2 Å². The van der Waals surface area contributed by atoms with Crippen molar-refractivity contribution >= 4 is 11.9 Å². The van der Waals surface area contributed by atoms with Crippen LogP contribution in [0.4, 0.5) is 0 Å². The quantitative estimate of drug-likeness (QED) is 0.384. The molecule has 0 spiro atoms. The third kappa shape index (κ3) is 8.70. The summed E-state index contributed by atoms with van der Waals surface area (Å²) in [6, 6.07) is 10.6. The van der Waals surface area contributed by atoms with Gasteiger partial charge in [0, 0.05) is 12.8 Å². The van der Waals surface area contributed by atoms with Gasteiger partial charge in [-0.3, -0.25) is 9.59 Å². The van der Waals surface area contributed by atoms with Crippen LogP contribution in [0.1, 0.15) is 54.9 Å². The fraction of sp³-hybridized carbons (Fsp3) is 0.440. The number of esters is 2. The average molecular weight is 429 g/mol. The van der Waals surface area contributed by atoms with E-state index in [2.05, 4.69) is 0 Å². The minimum absolute atomic E-state index is 0.200. The Balaban J connectivity index is 1.71. The van der Waals surface area contributed by atoms with Gasteiger partial charge in [-0.05, 0) is 73.4 Å². The molecule has 0 fully saturated rings. The molecule has 2 rings (SSSR count). The monoisotopic (exact) mass is 428 g/mol. The molecule has 0 aliphatic rings. The number of phenolic OH excluding ortho intramolecular Hbond substituents is 2. The van der Waals surface area contributed by atoms with Gasteiger partial charge in [-0.2, -0.15) is 0 Å². The first-order valence-electron chi connectivity index (χ1n) is 10.8. The number of carbonyl (C=O) groups is 2. The van der Waals surface area contributed by atoms with Crippen LogP contribution in [-0.4, -0.2) is 35.4 Å². The third-order valence-electron chi connectivity index (χ3n) is 4.96. The number of rotatable bonds is 12. The standard InChI is InChI=1S/C25H32O6/c1-3-14-30-24(28)13-9-20-7-11-23(27)21(17-20)5-4-15-31-25(29)12-8-19-6-10-22(26)18(2)16-19/h6-7,10-11,16-17,26-27H,3-5,8-9,12-15H2,1-2H3. The van der Waals surface area contributed by atoms with Crippen LogP contribution in [0.3, 0.4) is 0 Å². The minimum Gasteiger partial charge on any atom is -0.508 e. The van der Waals surface area contributed by atoms with E-state index < -0.39 is 0 Å². The Labute approximate surface area is 183 Å². The van der Waals surface area contributed by atoms with Gasteiger partial charge in [0.05, 0.1) is 13.2 Å². The number of aromatic hydroxyl groups is 2. The van der Waals surface area contributed by atoms with Crippen LogP contribution in [0, 0.1) is 6.92 Å². The molecule has 0 aliphatic carbocycles. The van der Waals surface area contributed by atoms with Crippen molar-refractivity contribution in [3.63, 3.8) is 0 Å². The fourth-order valence-electron chi connectivity index (χ4n) is 3.17. The second-order valence-corrected chi connectivity index (χ2v) is 7.63. The van der Waals surface area contributed by atoms with Crippen molar-refractivity contribution in [2.24, 2.45) is 0 Å². The van der Waals surface area contributed by atoms with Crippen molar-refractivity contribution < 1.29 is 29.3 Å². The van der Waals surface area contributed by atoms with E-state index in [0.717, 1.165) is 28.7 Å². The summed E-state index contributed by atoms with van der Waals surface area (Å²) in [6.45, 7) is 4.49. The first-order chi connectivity index (χ1) is 14.9. The molecule has 0 saturated carbocycles. The van der Waals surface area contributed by atoms with Gasteiger partial charge < -0.3 is 19.7 Å². The molecule has 0 saturated heterocycles. The van der Waals surface area contributed by atoms with Gasteiger partial charge in [-0.1, -0.05) is 31.2 Å². The summed E-state index contributed by atoms with van der Waals surface area (Å²) in [7, 11) is 0. The van der Waals surface area contributed by atoms with Crippen molar-refractivity contribution in [1.82, 2.24) is 0 Å². The summed E-state index contributed by atoms with van der Waals surface area (Å²) in [5, 5.41) is 19.6. The van der Waals surface area contributed by atoms with Crippen LogP contribution < -0.4 is 0 Å². The number of phenols is 2. The van der Waals surface area contributed by atoms with Crippen LogP contribution in [0.15, 0.2) is 36.4 Å². The molecule has 2 aromatic rings. The summed E-state index contributed by atoms with van der Waals surface area (Å²) in [5.41, 5.74) is 3.50. The van der Waals surface area contributed by atoms with E-state index in [9.17, 15) is 19.8 Å². The zero-order valence-electron chi connectivity index (χ0n) is 18.4. The van der Waals surface area contributed by atoms with Crippen LogP contribution in [0.5, 0.6) is 11.5 Å². The fourth-order valence-corrected chi connectivity index (χ4v) is 3.17. The summed E-state index contributed by atoms with van der Waals surface area (Å²) < 4.78 is 10.4. The molecule has 0 radical (unpaired) electrons. The lowest BCUT2D eigenvalue weighted by Gasteiger charge is -2.09. The molecule has 0 aromatic heterocycles. The molecule has 0 unspecified atom stereocenters. The van der Waals surface area contributed by atoms with Gasteiger partial charge in [0.25, 0.3) is 0 Å². The Kier molecular flexibility index (Phi) is 9.88. The lowest BCUT2D eigenvalue weighted by molar-refractivity contribution is -0.144. The SMILES string of the molecule is CCCOC(=O)CCc1ccc(O)c(CCCOC(=O)CCc2ccc(O)c(C)c2)c1. The smallest absolute Gasteiger partial charge is 0.306 e. The second kappa shape index (κ2) is 12.6. The summed E-state index contributed by atoms with van der Waals surface area (Å²) in [6.07, 6.45) is 3.67. The Morgan fingerprint density at radius 2 is 1.39 bits per heavy atom. The molecular formula is C25H32O6. The van der Waals surface area contributed by atoms with E-state index >= 15 is 0 Å². The minimum atomic E-state index is -0.269. The van der Waals surface area contributed by atoms with Gasteiger partial charge in [0.15, 0.2) is 0 Å². The predicted octanol–water partition coefficient (Wildman–Crippen LogP) is 4.40. The topological polar surface area (TPSA) is 93.1 Å². The van der Waals surface area contributed by atoms with Crippen molar-refractivity contribution in [3.05, 3.63) is 58.7 Å². The first-order valence-corrected chi connectivity index (χ1v) is 10.8. The molecule has 2 aromatic carbocycles. The lowest BCUT2D eigenvalue weighted by atomic mass is 10.0. The van der Waals surface area contributed by atoms with Crippen LogP contribution in [-0.2, 0) is 38.3 Å². The molecule has 0 atom stereocenters. The van der Waals surface area contributed by atoms with Gasteiger partial charge in [-0.25, -0.2) is 0 Å². The zero-order chi connectivity index (χ0) is 22.6. The summed E-state index contributed by atoms with van der Waals surface area (Å²) in [4.78, 5) is 23.6. The normalized spacial score (nSPS) is 10.6. The Hall–Kier alpha value is -3.02. The molecule has 0 bridgehead atoms.